The number of carbonyl (C=O) groups excluding carboxylic acids is 1. The average Bonchev–Trinajstić information content (AvgIpc) is 2.55. The maximum atomic E-state index is 13.0. The lowest BCUT2D eigenvalue weighted by Crippen LogP contribution is -2.47. The largest absolute Gasteiger partial charge is 0.374 e. The second-order valence-electron chi connectivity index (χ2n) is 7.74. The lowest BCUT2D eigenvalue weighted by Gasteiger charge is -2.36. The van der Waals surface area contributed by atoms with Crippen LogP contribution in [0.15, 0.2) is 24.3 Å². The lowest BCUT2D eigenvalue weighted by molar-refractivity contribution is -0.134. The number of piperidine rings is 1. The van der Waals surface area contributed by atoms with E-state index in [1.54, 1.807) is 0 Å². The van der Waals surface area contributed by atoms with Crippen LogP contribution in [0.3, 0.4) is 0 Å². The van der Waals surface area contributed by atoms with Gasteiger partial charge in [-0.2, -0.15) is 0 Å². The van der Waals surface area contributed by atoms with Crippen molar-refractivity contribution in [3.8, 4) is 0 Å². The Bertz CT molecular complexity index is 519. The second kappa shape index (κ2) is 8.75. The number of halogens is 1. The van der Waals surface area contributed by atoms with Gasteiger partial charge in [-0.15, -0.1) is 0 Å². The fourth-order valence-corrected chi connectivity index (χ4v) is 3.57. The number of anilines is 1. The van der Waals surface area contributed by atoms with E-state index in [2.05, 4.69) is 37.9 Å². The predicted molar refractivity (Wildman–Crippen MR) is 102 cm³/mol. The molecule has 1 aliphatic heterocycles. The highest BCUT2D eigenvalue weighted by Crippen LogP contribution is 2.26. The van der Waals surface area contributed by atoms with Gasteiger partial charge in [0.1, 0.15) is 6.04 Å². The van der Waals surface area contributed by atoms with Crippen LogP contribution in [-0.4, -0.2) is 29.9 Å². The quantitative estimate of drug-likeness (QED) is 0.777. The van der Waals surface area contributed by atoms with Gasteiger partial charge in [0, 0.05) is 23.8 Å². The number of hydrogen-bond acceptors (Lipinski definition) is 2. The van der Waals surface area contributed by atoms with Crippen LogP contribution in [0.5, 0.6) is 0 Å². The molecule has 0 unspecified atom stereocenters. The predicted octanol–water partition coefficient (Wildman–Crippen LogP) is 5.06. The standard InChI is InChI=1S/C20H31ClN2O/c1-14(2)13-19(22-18-7-5-17(21)6-8-18)20(24)23-11-9-16(10-12-23)15(3)4/h5-8,14-16,19,22H,9-13H2,1-4H3/t19-/m1/s1. The van der Waals surface area contributed by atoms with Crippen molar-refractivity contribution in [1.82, 2.24) is 4.90 Å². The third-order valence-corrected chi connectivity index (χ3v) is 5.24. The highest BCUT2D eigenvalue weighted by atomic mass is 35.5. The zero-order valence-corrected chi connectivity index (χ0v) is 16.1. The van der Waals surface area contributed by atoms with Crippen molar-refractivity contribution in [2.45, 2.75) is 53.0 Å². The van der Waals surface area contributed by atoms with Crippen molar-refractivity contribution in [1.29, 1.82) is 0 Å². The van der Waals surface area contributed by atoms with Gasteiger partial charge in [-0.25, -0.2) is 0 Å². The van der Waals surface area contributed by atoms with Gasteiger partial charge in [0.15, 0.2) is 0 Å². The number of nitrogens with zero attached hydrogens (tertiary/aromatic N) is 1. The molecule has 3 nitrogen and oxygen atoms in total. The Morgan fingerprint density at radius 1 is 1.17 bits per heavy atom. The maximum Gasteiger partial charge on any atom is 0.245 e. The lowest BCUT2D eigenvalue weighted by atomic mass is 9.86. The number of benzene rings is 1. The van der Waals surface area contributed by atoms with Gasteiger partial charge in [0.05, 0.1) is 0 Å². The van der Waals surface area contributed by atoms with Crippen LogP contribution in [0.25, 0.3) is 0 Å². The summed E-state index contributed by atoms with van der Waals surface area (Å²) in [6, 6.07) is 7.42. The number of rotatable bonds is 6. The van der Waals surface area contributed by atoms with Gasteiger partial charge < -0.3 is 10.2 Å². The van der Waals surface area contributed by atoms with Crippen LogP contribution in [0.2, 0.25) is 5.02 Å². The van der Waals surface area contributed by atoms with Crippen LogP contribution in [0.1, 0.15) is 47.0 Å². The summed E-state index contributed by atoms with van der Waals surface area (Å²) in [6.45, 7) is 10.7. The summed E-state index contributed by atoms with van der Waals surface area (Å²) in [7, 11) is 0. The molecule has 1 fully saturated rings. The van der Waals surface area contributed by atoms with Crippen LogP contribution in [0, 0.1) is 17.8 Å². The van der Waals surface area contributed by atoms with Crippen molar-refractivity contribution in [2.24, 2.45) is 17.8 Å². The summed E-state index contributed by atoms with van der Waals surface area (Å²) >= 11 is 5.95. The summed E-state index contributed by atoms with van der Waals surface area (Å²) in [5, 5.41) is 4.13. The smallest absolute Gasteiger partial charge is 0.245 e. The Kier molecular flexibility index (Phi) is 6.97. The number of amides is 1. The first-order valence-corrected chi connectivity index (χ1v) is 9.55. The molecule has 1 aromatic carbocycles. The Balaban J connectivity index is 2.01. The minimum Gasteiger partial charge on any atom is -0.374 e. The van der Waals surface area contributed by atoms with Crippen LogP contribution in [-0.2, 0) is 4.79 Å². The molecule has 24 heavy (non-hydrogen) atoms. The van der Waals surface area contributed by atoms with Crippen LogP contribution in [0.4, 0.5) is 5.69 Å². The fraction of sp³-hybridized carbons (Fsp3) is 0.650. The molecule has 0 aliphatic carbocycles. The first kappa shape index (κ1) is 19.1. The van der Waals surface area contributed by atoms with Crippen LogP contribution >= 0.6 is 11.6 Å². The Hall–Kier alpha value is -1.22. The molecular weight excluding hydrogens is 320 g/mol. The molecular formula is C20H31ClN2O. The molecule has 1 aliphatic rings. The van der Waals surface area contributed by atoms with E-state index >= 15 is 0 Å². The summed E-state index contributed by atoms with van der Waals surface area (Å²) in [6.07, 6.45) is 3.09. The van der Waals surface area contributed by atoms with E-state index in [0.29, 0.717) is 16.9 Å². The molecule has 2 rings (SSSR count). The minimum atomic E-state index is -0.165. The molecule has 134 valence electrons. The summed E-state index contributed by atoms with van der Waals surface area (Å²) in [4.78, 5) is 15.1. The molecule has 1 aromatic rings. The van der Waals surface area contributed by atoms with Gasteiger partial charge in [-0.3, -0.25) is 4.79 Å². The summed E-state index contributed by atoms with van der Waals surface area (Å²) < 4.78 is 0. The van der Waals surface area contributed by atoms with Crippen molar-refractivity contribution in [3.63, 3.8) is 0 Å². The average molecular weight is 351 g/mol. The normalized spacial score (nSPS) is 17.4. The highest BCUT2D eigenvalue weighted by Gasteiger charge is 2.29. The van der Waals surface area contributed by atoms with E-state index in [1.165, 1.54) is 0 Å². The molecule has 0 bridgehead atoms. The topological polar surface area (TPSA) is 32.3 Å². The van der Waals surface area contributed by atoms with Crippen LogP contribution < -0.4 is 5.32 Å². The SMILES string of the molecule is CC(C)C[C@@H](Nc1ccc(Cl)cc1)C(=O)N1CCC(C(C)C)CC1. The van der Waals surface area contributed by atoms with E-state index < -0.39 is 0 Å². The Morgan fingerprint density at radius 3 is 2.25 bits per heavy atom. The molecule has 1 N–H and O–H groups in total. The first-order valence-electron chi connectivity index (χ1n) is 9.17. The third-order valence-electron chi connectivity index (χ3n) is 4.98. The van der Waals surface area contributed by atoms with E-state index in [4.69, 9.17) is 11.6 Å². The maximum absolute atomic E-state index is 13.0. The van der Waals surface area contributed by atoms with E-state index in [0.717, 1.165) is 44.0 Å². The third kappa shape index (κ3) is 5.41. The summed E-state index contributed by atoms with van der Waals surface area (Å²) in [5.41, 5.74) is 0.954. The number of nitrogens with one attached hydrogen (secondary N) is 1. The van der Waals surface area contributed by atoms with Crippen molar-refractivity contribution < 1.29 is 4.79 Å². The van der Waals surface area contributed by atoms with Gasteiger partial charge in [0.2, 0.25) is 5.91 Å². The first-order chi connectivity index (χ1) is 11.4. The van der Waals surface area contributed by atoms with Gasteiger partial charge in [-0.05, 0) is 61.3 Å². The van der Waals surface area contributed by atoms with Crippen molar-refractivity contribution >= 4 is 23.2 Å². The number of hydrogen-bond donors (Lipinski definition) is 1. The van der Waals surface area contributed by atoms with Gasteiger partial charge in [-0.1, -0.05) is 39.3 Å². The Morgan fingerprint density at radius 2 is 1.75 bits per heavy atom. The van der Waals surface area contributed by atoms with Crippen molar-refractivity contribution in [2.75, 3.05) is 18.4 Å². The van der Waals surface area contributed by atoms with Crippen molar-refractivity contribution in [3.05, 3.63) is 29.3 Å². The fourth-order valence-electron chi connectivity index (χ4n) is 3.45. The molecule has 1 amide bonds. The Labute approximate surface area is 151 Å². The van der Waals surface area contributed by atoms with Gasteiger partial charge >= 0.3 is 0 Å². The molecule has 1 saturated heterocycles. The monoisotopic (exact) mass is 350 g/mol. The van der Waals surface area contributed by atoms with E-state index in [9.17, 15) is 4.79 Å². The molecule has 0 aromatic heterocycles. The molecule has 0 spiro atoms. The molecule has 0 radical (unpaired) electrons. The second-order valence-corrected chi connectivity index (χ2v) is 8.18. The highest BCUT2D eigenvalue weighted by molar-refractivity contribution is 6.30. The molecule has 0 saturated carbocycles. The molecule has 1 heterocycles. The molecule has 1 atom stereocenters. The zero-order valence-electron chi connectivity index (χ0n) is 15.4. The van der Waals surface area contributed by atoms with E-state index in [-0.39, 0.29) is 11.9 Å². The molecule has 4 heteroatoms. The number of carbonyl (C=O) groups is 1. The number of likely N-dealkylation sites (tertiary alicyclic amines) is 1. The zero-order chi connectivity index (χ0) is 17.7. The minimum absolute atomic E-state index is 0.165. The van der Waals surface area contributed by atoms with Gasteiger partial charge in [0.25, 0.3) is 0 Å². The summed E-state index contributed by atoms with van der Waals surface area (Å²) in [5.74, 6) is 2.16. The van der Waals surface area contributed by atoms with E-state index in [1.807, 2.05) is 24.3 Å².